The molecule has 3 aliphatic rings. The number of allylic oxidation sites excluding steroid dienone is 4. The van der Waals surface area contributed by atoms with Gasteiger partial charge in [-0.25, -0.2) is 9.59 Å². The van der Waals surface area contributed by atoms with E-state index in [4.69, 9.17) is 49.5 Å². The van der Waals surface area contributed by atoms with E-state index in [9.17, 15) is 50.1 Å². The lowest BCUT2D eigenvalue weighted by Gasteiger charge is -2.47. The molecule has 0 radical (unpaired) electrons. The Morgan fingerprint density at radius 3 is 2.21 bits per heavy atom. The zero-order valence-corrected chi connectivity index (χ0v) is 45.4. The Morgan fingerprint density at radius 1 is 0.944 bits per heavy atom. The zero-order valence-electron chi connectivity index (χ0n) is 43.0. The van der Waals surface area contributed by atoms with E-state index in [0.717, 1.165) is 0 Å². The first-order valence-electron chi connectivity index (χ1n) is 24.2. The Hall–Kier alpha value is -3.70. The molecule has 1 aromatic rings. The van der Waals surface area contributed by atoms with Crippen LogP contribution in [-0.4, -0.2) is 153 Å². The number of cyclic esters (lactones) is 1. The molecular formula is C52H74BrClO18. The molecule has 3 heterocycles. The number of hydrogen-bond acceptors (Lipinski definition) is 18. The summed E-state index contributed by atoms with van der Waals surface area (Å²) in [7, 11) is 1.27. The van der Waals surface area contributed by atoms with Gasteiger partial charge in [-0.15, -0.1) is 0 Å². The highest BCUT2D eigenvalue weighted by atomic mass is 79.9. The Kier molecular flexibility index (Phi) is 22.5. The van der Waals surface area contributed by atoms with E-state index in [0.29, 0.717) is 23.1 Å². The Balaban J connectivity index is 1.61. The van der Waals surface area contributed by atoms with Crippen LogP contribution in [0.3, 0.4) is 0 Å². The van der Waals surface area contributed by atoms with Crippen LogP contribution in [0.25, 0.3) is 0 Å². The van der Waals surface area contributed by atoms with Crippen molar-refractivity contribution in [3.8, 4) is 11.5 Å². The predicted molar refractivity (Wildman–Crippen MR) is 268 cm³/mol. The van der Waals surface area contributed by atoms with Crippen molar-refractivity contribution in [1.29, 1.82) is 0 Å². The Bertz CT molecular complexity index is 2220. The average Bonchev–Trinajstić information content (AvgIpc) is 3.32. The molecule has 2 fully saturated rings. The quantitative estimate of drug-likeness (QED) is 0.0645. The summed E-state index contributed by atoms with van der Waals surface area (Å²) in [5.41, 5.74) is 0.575. The second-order valence-electron chi connectivity index (χ2n) is 19.4. The van der Waals surface area contributed by atoms with Crippen molar-refractivity contribution >= 4 is 45.4 Å². The third-order valence-electron chi connectivity index (χ3n) is 13.0. The standard InChI is InChI=1S/C52H74BrClO18/c1-13-30-22-26(6)33(56)18-16-15-17-31(23-66-51-45(65-12)42(61)44(29(9)67-51)69-49(64)35-32(14-2)36(53)39(58)37(54)38(35)57)48(63)68-34(28(8)55)20-19-25(5)21-27(7)43(30)70-50-41(60)40(59)46(52(10,11)72-50)71-47(62)24(3)4/h15-17,19,21-22,24,28-30,33-34,40-46,50-51,55-61H,13-14,18,20,23H2,1-12H3/b16-15+,25-19+,26-22+,27-21+,31-17+/t28?,29-,30?,33?,34?,40-,41+,42+,43?,44-,45+,46+,50-,51-/m1/s1. The first kappa shape index (κ1) is 60.9. The molecule has 1 aromatic carbocycles. The monoisotopic (exact) mass is 1100 g/mol. The number of halogens is 2. The van der Waals surface area contributed by atoms with Gasteiger partial charge in [0.15, 0.2) is 36.3 Å². The first-order chi connectivity index (χ1) is 33.7. The molecule has 72 heavy (non-hydrogen) atoms. The van der Waals surface area contributed by atoms with Crippen molar-refractivity contribution in [1.82, 2.24) is 0 Å². The lowest BCUT2D eigenvalue weighted by atomic mass is 9.88. The fourth-order valence-corrected chi connectivity index (χ4v) is 9.58. The third-order valence-corrected chi connectivity index (χ3v) is 14.2. The molecule has 0 saturated carbocycles. The van der Waals surface area contributed by atoms with Gasteiger partial charge in [-0.2, -0.15) is 0 Å². The van der Waals surface area contributed by atoms with Crippen LogP contribution < -0.4 is 0 Å². The summed E-state index contributed by atoms with van der Waals surface area (Å²) in [6.07, 6.45) is -5.20. The lowest BCUT2D eigenvalue weighted by molar-refractivity contribution is -0.333. The smallest absolute Gasteiger partial charge is 0.342 e. The summed E-state index contributed by atoms with van der Waals surface area (Å²) < 4.78 is 47.7. The van der Waals surface area contributed by atoms with Crippen LogP contribution in [0, 0.1) is 11.8 Å². The molecule has 14 atom stereocenters. The zero-order chi connectivity index (χ0) is 54.1. The topological polar surface area (TPSA) is 267 Å². The maximum Gasteiger partial charge on any atom is 0.342 e. The molecule has 4 rings (SSSR count). The van der Waals surface area contributed by atoms with E-state index < -0.39 is 138 Å². The van der Waals surface area contributed by atoms with E-state index >= 15 is 0 Å². The summed E-state index contributed by atoms with van der Waals surface area (Å²) in [6, 6.07) is 0. The largest absolute Gasteiger partial charge is 0.505 e. The normalized spacial score (nSPS) is 34.8. The fraction of sp³-hybridized carbons (Fsp3) is 0.635. The molecule has 0 amide bonds. The van der Waals surface area contributed by atoms with Gasteiger partial charge < -0.3 is 73.6 Å². The maximum absolute atomic E-state index is 14.0. The number of ether oxygens (including phenoxy) is 8. The SMILES string of the molecule is CCc1c(Br)c(O)c(Cl)c(O)c1C(=O)O[C@H]1[C@H](O)[C@H](OC)[C@H](OC/C2=C\C=C\CC(O)/C(C)=C/C(CC)C(O[C@@H]3OC(C)(C)[C@@H](OC(=O)C(C)C)[C@H](O)[C@@H]3O)/C(C)=C/C(C)=C/CC(C(C)O)OC2=O)O[C@@H]1C. The van der Waals surface area contributed by atoms with E-state index in [2.05, 4.69) is 15.9 Å². The predicted octanol–water partition coefficient (Wildman–Crippen LogP) is 6.34. The number of aliphatic hydroxyl groups excluding tert-OH is 5. The molecule has 0 aliphatic carbocycles. The molecular weight excluding hydrogens is 1030 g/mol. The van der Waals surface area contributed by atoms with Crippen LogP contribution in [0.15, 0.2) is 63.2 Å². The van der Waals surface area contributed by atoms with Crippen molar-refractivity contribution in [3.63, 3.8) is 0 Å². The van der Waals surface area contributed by atoms with Crippen LogP contribution >= 0.6 is 27.5 Å². The highest BCUT2D eigenvalue weighted by molar-refractivity contribution is 9.10. The number of aliphatic hydroxyl groups is 5. The third kappa shape index (κ3) is 14.8. The van der Waals surface area contributed by atoms with Crippen LogP contribution in [0.1, 0.15) is 111 Å². The number of methoxy groups -OCH3 is 1. The number of rotatable bonds is 13. The number of phenols is 2. The molecule has 18 nitrogen and oxygen atoms in total. The fourth-order valence-electron chi connectivity index (χ4n) is 8.60. The summed E-state index contributed by atoms with van der Waals surface area (Å²) in [5, 5.41) is 76.9. The number of aromatic hydroxyl groups is 2. The molecule has 0 spiro atoms. The van der Waals surface area contributed by atoms with Gasteiger partial charge in [-0.1, -0.05) is 75.2 Å². The number of hydrogen-bond donors (Lipinski definition) is 7. The van der Waals surface area contributed by atoms with E-state index in [1.54, 1.807) is 53.7 Å². The molecule has 0 bridgehead atoms. The molecule has 20 heteroatoms. The van der Waals surface area contributed by atoms with Gasteiger partial charge in [0.25, 0.3) is 0 Å². The minimum Gasteiger partial charge on any atom is -0.505 e. The molecule has 2 saturated heterocycles. The molecule has 5 unspecified atom stereocenters. The second kappa shape index (κ2) is 26.7. The number of phenolic OH excluding ortho intramolecular Hbond substituents is 2. The van der Waals surface area contributed by atoms with Crippen molar-refractivity contribution in [2.75, 3.05) is 13.7 Å². The van der Waals surface area contributed by atoms with Crippen LogP contribution in [0.2, 0.25) is 5.02 Å². The van der Waals surface area contributed by atoms with E-state index in [-0.39, 0.29) is 40.4 Å². The van der Waals surface area contributed by atoms with Crippen LogP contribution in [0.5, 0.6) is 11.5 Å². The second-order valence-corrected chi connectivity index (χ2v) is 20.5. The van der Waals surface area contributed by atoms with Gasteiger partial charge in [-0.05, 0) is 106 Å². The highest BCUT2D eigenvalue weighted by Gasteiger charge is 2.53. The minimum atomic E-state index is -1.60. The number of carbonyl (C=O) groups excluding carboxylic acids is 3. The average molecular weight is 1100 g/mol. The first-order valence-corrected chi connectivity index (χ1v) is 25.3. The van der Waals surface area contributed by atoms with Crippen LogP contribution in [-0.2, 0) is 53.9 Å². The highest BCUT2D eigenvalue weighted by Crippen LogP contribution is 2.45. The van der Waals surface area contributed by atoms with E-state index in [1.165, 1.54) is 33.1 Å². The summed E-state index contributed by atoms with van der Waals surface area (Å²) in [5.74, 6) is -4.51. The van der Waals surface area contributed by atoms with Gasteiger partial charge in [0.05, 0.1) is 47.0 Å². The summed E-state index contributed by atoms with van der Waals surface area (Å²) in [6.45, 7) is 18.2. The maximum atomic E-state index is 14.0. The van der Waals surface area contributed by atoms with Crippen LogP contribution in [0.4, 0.5) is 0 Å². The lowest BCUT2D eigenvalue weighted by Crippen LogP contribution is -2.64. The number of carbonyl (C=O) groups is 3. The molecule has 7 N–H and O–H groups in total. The summed E-state index contributed by atoms with van der Waals surface area (Å²) >= 11 is 9.30. The molecule has 404 valence electrons. The molecule has 3 aliphatic heterocycles. The van der Waals surface area contributed by atoms with Crippen molar-refractivity contribution in [3.05, 3.63) is 79.4 Å². The Labute approximate surface area is 435 Å². The minimum absolute atomic E-state index is 0.0291. The molecule has 0 aromatic heterocycles. The van der Waals surface area contributed by atoms with Crippen molar-refractivity contribution < 1.29 is 88.0 Å². The van der Waals surface area contributed by atoms with E-state index in [1.807, 2.05) is 32.9 Å². The van der Waals surface area contributed by atoms with Gasteiger partial charge in [0.1, 0.15) is 46.7 Å². The van der Waals surface area contributed by atoms with Crippen molar-refractivity contribution in [2.45, 2.75) is 187 Å². The summed E-state index contributed by atoms with van der Waals surface area (Å²) in [4.78, 5) is 40.0. The van der Waals surface area contributed by atoms with Gasteiger partial charge >= 0.3 is 17.9 Å². The van der Waals surface area contributed by atoms with Crippen molar-refractivity contribution in [2.24, 2.45) is 11.8 Å². The Morgan fingerprint density at radius 2 is 1.61 bits per heavy atom. The number of benzene rings is 1. The van der Waals surface area contributed by atoms with Gasteiger partial charge in [-0.3, -0.25) is 4.79 Å². The van der Waals surface area contributed by atoms with Gasteiger partial charge in [0.2, 0.25) is 0 Å². The number of esters is 3. The van der Waals surface area contributed by atoms with Gasteiger partial charge in [0, 0.05) is 19.4 Å².